The minimum absolute atomic E-state index is 0.256. The molecule has 0 fully saturated rings. The van der Waals surface area contributed by atoms with Gasteiger partial charge in [-0.3, -0.25) is 4.79 Å². The molecular weight excluding hydrogens is 333 g/mol. The number of nitrogens with one attached hydrogen (secondary N) is 1. The Hall–Kier alpha value is -3.34. The fourth-order valence-corrected chi connectivity index (χ4v) is 2.39. The van der Waals surface area contributed by atoms with Gasteiger partial charge < -0.3 is 14.8 Å². The number of anilines is 1. The first kappa shape index (κ1) is 17.5. The van der Waals surface area contributed by atoms with Crippen LogP contribution in [0.2, 0.25) is 0 Å². The number of rotatable bonds is 6. The molecule has 0 saturated heterocycles. The quantitative estimate of drug-likeness (QED) is 0.702. The van der Waals surface area contributed by atoms with Crippen molar-refractivity contribution in [1.29, 1.82) is 0 Å². The Morgan fingerprint density at radius 1 is 0.923 bits per heavy atom. The molecule has 26 heavy (non-hydrogen) atoms. The predicted octanol–water partition coefficient (Wildman–Crippen LogP) is 4.67. The van der Waals surface area contributed by atoms with Crippen molar-refractivity contribution in [3.8, 4) is 11.5 Å². The van der Waals surface area contributed by atoms with E-state index in [-0.39, 0.29) is 11.7 Å². The zero-order chi connectivity index (χ0) is 18.4. The van der Waals surface area contributed by atoms with Crippen LogP contribution in [-0.4, -0.2) is 13.0 Å². The van der Waals surface area contributed by atoms with Crippen LogP contribution in [0.5, 0.6) is 11.5 Å². The van der Waals surface area contributed by atoms with Gasteiger partial charge in [-0.15, -0.1) is 0 Å². The van der Waals surface area contributed by atoms with Crippen LogP contribution in [0.3, 0.4) is 0 Å². The number of carbonyl (C=O) groups excluding carboxylic acids is 1. The van der Waals surface area contributed by atoms with Gasteiger partial charge >= 0.3 is 0 Å². The lowest BCUT2D eigenvalue weighted by Crippen LogP contribution is -2.11. The van der Waals surface area contributed by atoms with E-state index in [1.54, 1.807) is 19.2 Å². The number of carbonyl (C=O) groups is 1. The fraction of sp³-hybridized carbons (Fsp3) is 0.0952. The standard InChI is InChI=1S/C21H18FNO3/c1-25-19-4-2-3-5-20(19)26-14-15-6-8-16(9-7-15)21(24)23-18-12-10-17(22)11-13-18/h2-13H,14H2,1H3,(H,23,24). The highest BCUT2D eigenvalue weighted by Crippen LogP contribution is 2.26. The summed E-state index contributed by atoms with van der Waals surface area (Å²) in [5.41, 5.74) is 1.98. The molecule has 0 aliphatic heterocycles. The largest absolute Gasteiger partial charge is 0.493 e. The smallest absolute Gasteiger partial charge is 0.255 e. The Labute approximate surface area is 151 Å². The zero-order valence-electron chi connectivity index (χ0n) is 14.2. The molecule has 0 atom stereocenters. The maximum absolute atomic E-state index is 12.9. The molecular formula is C21H18FNO3. The summed E-state index contributed by atoms with van der Waals surface area (Å²) in [5, 5.41) is 2.72. The summed E-state index contributed by atoms with van der Waals surface area (Å²) in [6.45, 7) is 0.361. The number of amides is 1. The van der Waals surface area contributed by atoms with Gasteiger partial charge in [-0.2, -0.15) is 0 Å². The Morgan fingerprint density at radius 2 is 1.58 bits per heavy atom. The van der Waals surface area contributed by atoms with E-state index >= 15 is 0 Å². The molecule has 0 radical (unpaired) electrons. The second-order valence-corrected chi connectivity index (χ2v) is 5.60. The van der Waals surface area contributed by atoms with Crippen molar-refractivity contribution in [3.05, 3.63) is 89.7 Å². The molecule has 4 nitrogen and oxygen atoms in total. The average molecular weight is 351 g/mol. The lowest BCUT2D eigenvalue weighted by atomic mass is 10.1. The van der Waals surface area contributed by atoms with E-state index < -0.39 is 0 Å². The first-order valence-electron chi connectivity index (χ1n) is 8.07. The molecule has 1 N–H and O–H groups in total. The van der Waals surface area contributed by atoms with Gasteiger partial charge in [-0.05, 0) is 54.1 Å². The molecule has 0 aliphatic carbocycles. The molecule has 0 aliphatic rings. The molecule has 0 heterocycles. The molecule has 3 rings (SSSR count). The van der Waals surface area contributed by atoms with Gasteiger partial charge in [0, 0.05) is 11.3 Å². The molecule has 0 spiro atoms. The molecule has 0 saturated carbocycles. The summed E-state index contributed by atoms with van der Waals surface area (Å²) in [6.07, 6.45) is 0. The van der Waals surface area contributed by atoms with Crippen LogP contribution in [0.15, 0.2) is 72.8 Å². The molecule has 132 valence electrons. The Kier molecular flexibility index (Phi) is 5.49. The lowest BCUT2D eigenvalue weighted by Gasteiger charge is -2.11. The third-order valence-corrected chi connectivity index (χ3v) is 3.78. The number of benzene rings is 3. The maximum Gasteiger partial charge on any atom is 0.255 e. The van der Waals surface area contributed by atoms with Crippen molar-refractivity contribution in [2.45, 2.75) is 6.61 Å². The lowest BCUT2D eigenvalue weighted by molar-refractivity contribution is 0.102. The SMILES string of the molecule is COc1ccccc1OCc1ccc(C(=O)Nc2ccc(F)cc2)cc1. The molecule has 1 amide bonds. The van der Waals surface area contributed by atoms with Crippen molar-refractivity contribution in [2.75, 3.05) is 12.4 Å². The van der Waals surface area contributed by atoms with Gasteiger partial charge in [0.25, 0.3) is 5.91 Å². The van der Waals surface area contributed by atoms with Crippen molar-refractivity contribution in [1.82, 2.24) is 0 Å². The van der Waals surface area contributed by atoms with Gasteiger partial charge in [0.05, 0.1) is 7.11 Å². The summed E-state index contributed by atoms with van der Waals surface area (Å²) in [6, 6.07) is 20.2. The van der Waals surface area contributed by atoms with Crippen LogP contribution in [0, 0.1) is 5.82 Å². The fourth-order valence-electron chi connectivity index (χ4n) is 2.39. The highest BCUT2D eigenvalue weighted by atomic mass is 19.1. The Balaban J connectivity index is 1.61. The summed E-state index contributed by atoms with van der Waals surface area (Å²) < 4.78 is 23.9. The van der Waals surface area contributed by atoms with Crippen molar-refractivity contribution < 1.29 is 18.7 Å². The van der Waals surface area contributed by atoms with Crippen LogP contribution < -0.4 is 14.8 Å². The summed E-state index contributed by atoms with van der Waals surface area (Å²) in [5.74, 6) is 0.729. The second kappa shape index (κ2) is 8.16. The number of para-hydroxylation sites is 2. The van der Waals surface area contributed by atoms with Gasteiger partial charge in [-0.1, -0.05) is 24.3 Å². The number of ether oxygens (including phenoxy) is 2. The molecule has 3 aromatic carbocycles. The van der Waals surface area contributed by atoms with E-state index in [2.05, 4.69) is 5.32 Å². The normalized spacial score (nSPS) is 10.2. The number of hydrogen-bond acceptors (Lipinski definition) is 3. The van der Waals surface area contributed by atoms with Crippen molar-refractivity contribution in [2.24, 2.45) is 0 Å². The Bertz CT molecular complexity index is 877. The summed E-state index contributed by atoms with van der Waals surface area (Å²) in [7, 11) is 1.59. The van der Waals surface area contributed by atoms with Crippen LogP contribution in [0.4, 0.5) is 10.1 Å². The van der Waals surface area contributed by atoms with Gasteiger partial charge in [0.15, 0.2) is 11.5 Å². The van der Waals surface area contributed by atoms with Crippen LogP contribution in [0.25, 0.3) is 0 Å². The van der Waals surface area contributed by atoms with Gasteiger partial charge in [0.2, 0.25) is 0 Å². The highest BCUT2D eigenvalue weighted by molar-refractivity contribution is 6.04. The minimum Gasteiger partial charge on any atom is -0.493 e. The summed E-state index contributed by atoms with van der Waals surface area (Å²) >= 11 is 0. The van der Waals surface area contributed by atoms with E-state index in [4.69, 9.17) is 9.47 Å². The summed E-state index contributed by atoms with van der Waals surface area (Å²) in [4.78, 5) is 12.2. The highest BCUT2D eigenvalue weighted by Gasteiger charge is 2.07. The van der Waals surface area contributed by atoms with Crippen LogP contribution in [0.1, 0.15) is 15.9 Å². The second-order valence-electron chi connectivity index (χ2n) is 5.60. The van der Waals surface area contributed by atoms with E-state index in [1.807, 2.05) is 36.4 Å². The van der Waals surface area contributed by atoms with Gasteiger partial charge in [0.1, 0.15) is 12.4 Å². The number of halogens is 1. The first-order valence-corrected chi connectivity index (χ1v) is 8.07. The molecule has 0 aromatic heterocycles. The molecule has 3 aromatic rings. The number of methoxy groups -OCH3 is 1. The third-order valence-electron chi connectivity index (χ3n) is 3.78. The topological polar surface area (TPSA) is 47.6 Å². The maximum atomic E-state index is 12.9. The molecule has 0 unspecified atom stereocenters. The van der Waals surface area contributed by atoms with E-state index in [0.717, 1.165) is 5.56 Å². The predicted molar refractivity (Wildman–Crippen MR) is 98.1 cm³/mol. The van der Waals surface area contributed by atoms with E-state index in [9.17, 15) is 9.18 Å². The molecule has 0 bridgehead atoms. The minimum atomic E-state index is -0.345. The number of hydrogen-bond donors (Lipinski definition) is 1. The van der Waals surface area contributed by atoms with E-state index in [0.29, 0.717) is 29.4 Å². The first-order chi connectivity index (χ1) is 12.7. The Morgan fingerprint density at radius 3 is 2.23 bits per heavy atom. The molecule has 5 heteroatoms. The monoisotopic (exact) mass is 351 g/mol. The van der Waals surface area contributed by atoms with Crippen molar-refractivity contribution in [3.63, 3.8) is 0 Å². The average Bonchev–Trinajstić information content (AvgIpc) is 2.68. The van der Waals surface area contributed by atoms with Crippen LogP contribution in [-0.2, 0) is 6.61 Å². The van der Waals surface area contributed by atoms with Gasteiger partial charge in [-0.25, -0.2) is 4.39 Å². The third kappa shape index (κ3) is 4.39. The van der Waals surface area contributed by atoms with E-state index in [1.165, 1.54) is 24.3 Å². The zero-order valence-corrected chi connectivity index (χ0v) is 14.2. The van der Waals surface area contributed by atoms with Crippen molar-refractivity contribution >= 4 is 11.6 Å². The van der Waals surface area contributed by atoms with Crippen LogP contribution >= 0.6 is 0 Å².